The first-order valence-electron chi connectivity index (χ1n) is 7.81. The number of hydrogen-bond acceptors (Lipinski definition) is 2. The quantitative estimate of drug-likeness (QED) is 0.862. The SMILES string of the molecule is O=C(N[C@H](Cc1ccc(-c2ccccc2)cc1)C(=O)O)C1CC1. The summed E-state index contributed by atoms with van der Waals surface area (Å²) >= 11 is 0. The Morgan fingerprint density at radius 1 is 1.00 bits per heavy atom. The number of benzene rings is 2. The highest BCUT2D eigenvalue weighted by atomic mass is 16.4. The van der Waals surface area contributed by atoms with Gasteiger partial charge in [0.05, 0.1) is 0 Å². The second-order valence-electron chi connectivity index (χ2n) is 5.94. The third-order valence-corrected chi connectivity index (χ3v) is 4.06. The standard InChI is InChI=1S/C19H19NO3/c21-18(16-10-11-16)20-17(19(22)23)12-13-6-8-15(9-7-13)14-4-2-1-3-5-14/h1-9,16-17H,10-12H2,(H,20,21)(H,22,23)/t17-/m1/s1. The Bertz CT molecular complexity index is 690. The van der Waals surface area contributed by atoms with Crippen molar-refractivity contribution in [2.45, 2.75) is 25.3 Å². The lowest BCUT2D eigenvalue weighted by molar-refractivity contribution is -0.142. The average Bonchev–Trinajstić information content (AvgIpc) is 3.40. The van der Waals surface area contributed by atoms with Crippen molar-refractivity contribution >= 4 is 11.9 Å². The minimum Gasteiger partial charge on any atom is -0.480 e. The molecule has 0 radical (unpaired) electrons. The van der Waals surface area contributed by atoms with E-state index >= 15 is 0 Å². The molecular weight excluding hydrogens is 290 g/mol. The fourth-order valence-electron chi connectivity index (χ4n) is 2.53. The van der Waals surface area contributed by atoms with Gasteiger partial charge in [0.25, 0.3) is 0 Å². The van der Waals surface area contributed by atoms with Gasteiger partial charge in [0.1, 0.15) is 6.04 Å². The zero-order chi connectivity index (χ0) is 16.2. The van der Waals surface area contributed by atoms with Gasteiger partial charge in [0, 0.05) is 12.3 Å². The zero-order valence-corrected chi connectivity index (χ0v) is 12.7. The van der Waals surface area contributed by atoms with Gasteiger partial charge in [0.15, 0.2) is 0 Å². The molecule has 1 fully saturated rings. The molecule has 0 saturated heterocycles. The van der Waals surface area contributed by atoms with Crippen molar-refractivity contribution in [2.75, 3.05) is 0 Å². The van der Waals surface area contributed by atoms with Crippen molar-refractivity contribution in [3.8, 4) is 11.1 Å². The van der Waals surface area contributed by atoms with E-state index in [1.54, 1.807) is 0 Å². The lowest BCUT2D eigenvalue weighted by Gasteiger charge is -2.14. The van der Waals surface area contributed by atoms with E-state index in [0.29, 0.717) is 6.42 Å². The molecule has 1 atom stereocenters. The molecule has 2 aromatic carbocycles. The number of amides is 1. The van der Waals surface area contributed by atoms with Crippen LogP contribution in [0.4, 0.5) is 0 Å². The van der Waals surface area contributed by atoms with E-state index in [1.807, 2.05) is 54.6 Å². The minimum absolute atomic E-state index is 0.0114. The van der Waals surface area contributed by atoms with E-state index in [0.717, 1.165) is 29.5 Å². The van der Waals surface area contributed by atoms with Gasteiger partial charge in [-0.1, -0.05) is 54.6 Å². The molecule has 4 nitrogen and oxygen atoms in total. The maximum atomic E-state index is 11.8. The maximum absolute atomic E-state index is 11.8. The molecule has 2 aromatic rings. The van der Waals surface area contributed by atoms with Gasteiger partial charge in [-0.15, -0.1) is 0 Å². The summed E-state index contributed by atoms with van der Waals surface area (Å²) in [5.41, 5.74) is 3.10. The first-order valence-corrected chi connectivity index (χ1v) is 7.81. The molecule has 4 heteroatoms. The Morgan fingerprint density at radius 3 is 2.17 bits per heavy atom. The van der Waals surface area contributed by atoms with Crippen LogP contribution in [0.2, 0.25) is 0 Å². The molecule has 0 unspecified atom stereocenters. The summed E-state index contributed by atoms with van der Waals surface area (Å²) in [5, 5.41) is 11.9. The van der Waals surface area contributed by atoms with Crippen LogP contribution in [0.3, 0.4) is 0 Å². The Hall–Kier alpha value is -2.62. The van der Waals surface area contributed by atoms with Crippen LogP contribution in [-0.2, 0) is 16.0 Å². The van der Waals surface area contributed by atoms with Crippen LogP contribution in [0, 0.1) is 5.92 Å². The molecule has 2 N–H and O–H groups in total. The third-order valence-electron chi connectivity index (χ3n) is 4.06. The zero-order valence-electron chi connectivity index (χ0n) is 12.7. The molecule has 1 aliphatic rings. The fraction of sp³-hybridized carbons (Fsp3) is 0.263. The van der Waals surface area contributed by atoms with Crippen LogP contribution in [0.15, 0.2) is 54.6 Å². The van der Waals surface area contributed by atoms with Crippen LogP contribution in [0.25, 0.3) is 11.1 Å². The molecule has 0 heterocycles. The molecule has 0 spiro atoms. The first kappa shape index (κ1) is 15.3. The van der Waals surface area contributed by atoms with E-state index < -0.39 is 12.0 Å². The lowest BCUT2D eigenvalue weighted by atomic mass is 10.0. The van der Waals surface area contributed by atoms with Crippen molar-refractivity contribution in [1.82, 2.24) is 5.32 Å². The maximum Gasteiger partial charge on any atom is 0.326 e. The summed E-state index contributed by atoms with van der Waals surface area (Å²) < 4.78 is 0. The third kappa shape index (κ3) is 3.97. The summed E-state index contributed by atoms with van der Waals surface area (Å²) in [6.45, 7) is 0. The average molecular weight is 309 g/mol. The smallest absolute Gasteiger partial charge is 0.326 e. The summed E-state index contributed by atoms with van der Waals surface area (Å²) in [6.07, 6.45) is 2.02. The molecule has 1 saturated carbocycles. The minimum atomic E-state index is -0.994. The highest BCUT2D eigenvalue weighted by Crippen LogP contribution is 2.29. The van der Waals surface area contributed by atoms with E-state index in [9.17, 15) is 14.7 Å². The lowest BCUT2D eigenvalue weighted by Crippen LogP contribution is -2.43. The van der Waals surface area contributed by atoms with E-state index in [-0.39, 0.29) is 11.8 Å². The number of carbonyl (C=O) groups is 2. The van der Waals surface area contributed by atoms with Gasteiger partial charge in [-0.3, -0.25) is 4.79 Å². The molecule has 0 bridgehead atoms. The molecule has 0 aromatic heterocycles. The van der Waals surface area contributed by atoms with E-state index in [1.165, 1.54) is 0 Å². The summed E-state index contributed by atoms with van der Waals surface area (Å²) in [6, 6.07) is 16.9. The van der Waals surface area contributed by atoms with Crippen molar-refractivity contribution in [3.63, 3.8) is 0 Å². The Balaban J connectivity index is 1.68. The van der Waals surface area contributed by atoms with Crippen molar-refractivity contribution in [1.29, 1.82) is 0 Å². The molecule has 1 amide bonds. The summed E-state index contributed by atoms with van der Waals surface area (Å²) in [4.78, 5) is 23.1. The Kier molecular flexibility index (Phi) is 4.42. The predicted octanol–water partition coefficient (Wildman–Crippen LogP) is 2.88. The highest BCUT2D eigenvalue weighted by molar-refractivity contribution is 5.86. The fourth-order valence-corrected chi connectivity index (χ4v) is 2.53. The Labute approximate surface area is 135 Å². The molecule has 23 heavy (non-hydrogen) atoms. The number of aliphatic carboxylic acids is 1. The van der Waals surface area contributed by atoms with Crippen LogP contribution in [0.5, 0.6) is 0 Å². The predicted molar refractivity (Wildman–Crippen MR) is 87.9 cm³/mol. The molecular formula is C19H19NO3. The van der Waals surface area contributed by atoms with Crippen LogP contribution in [-0.4, -0.2) is 23.0 Å². The van der Waals surface area contributed by atoms with Gasteiger partial charge in [0.2, 0.25) is 5.91 Å². The molecule has 1 aliphatic carbocycles. The van der Waals surface area contributed by atoms with Gasteiger partial charge in [-0.05, 0) is 29.5 Å². The van der Waals surface area contributed by atoms with Gasteiger partial charge < -0.3 is 10.4 Å². The van der Waals surface area contributed by atoms with E-state index in [4.69, 9.17) is 0 Å². The molecule has 3 rings (SSSR count). The largest absolute Gasteiger partial charge is 0.480 e. The molecule has 0 aliphatic heterocycles. The van der Waals surface area contributed by atoms with E-state index in [2.05, 4.69) is 5.32 Å². The normalized spacial score (nSPS) is 15.0. The number of rotatable bonds is 6. The van der Waals surface area contributed by atoms with Crippen molar-refractivity contribution in [3.05, 3.63) is 60.2 Å². The summed E-state index contributed by atoms with van der Waals surface area (Å²) in [5.74, 6) is -1.12. The highest BCUT2D eigenvalue weighted by Gasteiger charge is 2.32. The van der Waals surface area contributed by atoms with Crippen molar-refractivity contribution in [2.24, 2.45) is 5.92 Å². The second-order valence-corrected chi connectivity index (χ2v) is 5.94. The van der Waals surface area contributed by atoms with Crippen LogP contribution < -0.4 is 5.32 Å². The number of carboxylic acids is 1. The Morgan fingerprint density at radius 2 is 1.61 bits per heavy atom. The number of carbonyl (C=O) groups excluding carboxylic acids is 1. The topological polar surface area (TPSA) is 66.4 Å². The number of carboxylic acid groups (broad SMARTS) is 1. The monoisotopic (exact) mass is 309 g/mol. The number of hydrogen-bond donors (Lipinski definition) is 2. The van der Waals surface area contributed by atoms with Gasteiger partial charge >= 0.3 is 5.97 Å². The van der Waals surface area contributed by atoms with Crippen LogP contribution >= 0.6 is 0 Å². The molecule has 118 valence electrons. The summed E-state index contributed by atoms with van der Waals surface area (Å²) in [7, 11) is 0. The van der Waals surface area contributed by atoms with Gasteiger partial charge in [-0.25, -0.2) is 4.79 Å². The van der Waals surface area contributed by atoms with Gasteiger partial charge in [-0.2, -0.15) is 0 Å². The second kappa shape index (κ2) is 6.65. The first-order chi connectivity index (χ1) is 11.1. The van der Waals surface area contributed by atoms with Crippen molar-refractivity contribution < 1.29 is 14.7 Å². The van der Waals surface area contributed by atoms with Crippen LogP contribution in [0.1, 0.15) is 18.4 Å². The number of nitrogens with one attached hydrogen (secondary N) is 1.